The van der Waals surface area contributed by atoms with Crippen molar-refractivity contribution in [2.75, 3.05) is 39.1 Å². The molecule has 204 valence electrons. The number of esters is 1. The molecule has 1 aromatic heterocycles. The van der Waals surface area contributed by atoms with Crippen molar-refractivity contribution < 1.29 is 36.9 Å². The van der Waals surface area contributed by atoms with Gasteiger partial charge in [0.05, 0.1) is 12.6 Å². The molecule has 14 nitrogen and oxygen atoms in total. The molecule has 1 aliphatic rings. The minimum atomic E-state index is -4.82. The van der Waals surface area contributed by atoms with E-state index in [1.807, 2.05) is 0 Å². The molecule has 1 fully saturated rings. The van der Waals surface area contributed by atoms with Crippen molar-refractivity contribution in [2.45, 2.75) is 52.6 Å². The van der Waals surface area contributed by atoms with Crippen molar-refractivity contribution in [1.82, 2.24) is 19.5 Å². The van der Waals surface area contributed by atoms with Crippen LogP contribution in [0.2, 0.25) is 0 Å². The Labute approximate surface area is 214 Å². The molecular weight excluding hydrogens is 516 g/mol. The first-order valence-electron chi connectivity index (χ1n) is 11.2. The summed E-state index contributed by atoms with van der Waals surface area (Å²) in [6, 6.07) is -2.32. The summed E-state index contributed by atoms with van der Waals surface area (Å²) in [5.74, 6) is -2.39. The summed E-state index contributed by atoms with van der Waals surface area (Å²) >= 11 is 1.06. The third kappa shape index (κ3) is 9.00. The smallest absolute Gasteiger partial charge is 0.362 e. The average Bonchev–Trinajstić information content (AvgIpc) is 3.23. The van der Waals surface area contributed by atoms with Crippen LogP contribution in [0.15, 0.2) is 10.5 Å². The van der Waals surface area contributed by atoms with Gasteiger partial charge in [-0.05, 0) is 32.5 Å². The molecule has 4 N–H and O–H groups in total. The third-order valence-electron chi connectivity index (χ3n) is 5.16. The summed E-state index contributed by atoms with van der Waals surface area (Å²) in [6.07, 6.45) is 0.224. The molecule has 0 bridgehead atoms. The predicted octanol–water partition coefficient (Wildman–Crippen LogP) is 0.266. The van der Waals surface area contributed by atoms with Crippen molar-refractivity contribution in [3.05, 3.63) is 11.1 Å². The van der Waals surface area contributed by atoms with Crippen LogP contribution in [0.5, 0.6) is 0 Å². The number of thiazole rings is 1. The van der Waals surface area contributed by atoms with Crippen molar-refractivity contribution in [1.29, 1.82) is 0 Å². The van der Waals surface area contributed by atoms with Crippen LogP contribution in [-0.2, 0) is 34.3 Å². The number of nitrogen functional groups attached to an aromatic ring is 1. The normalized spacial score (nSPS) is 17.7. The Morgan fingerprint density at radius 3 is 2.33 bits per heavy atom. The molecule has 0 unspecified atom stereocenters. The number of oxime groups is 1. The zero-order valence-corrected chi connectivity index (χ0v) is 22.6. The van der Waals surface area contributed by atoms with Crippen LogP contribution in [-0.4, -0.2) is 96.1 Å². The first-order chi connectivity index (χ1) is 16.9. The largest absolute Gasteiger partial charge is 0.466 e. The molecule has 2 amide bonds. The second kappa shape index (κ2) is 14.7. The number of rotatable bonds is 12. The molecule has 2 atom stereocenters. The molecule has 0 aliphatic carbocycles. The first-order valence-corrected chi connectivity index (χ1v) is 13.5. The fraction of sp³-hybridized carbons (Fsp3) is 0.650. The maximum Gasteiger partial charge on any atom is 0.362 e. The SMILES string of the molecule is CCN(CC)CC.CON=C(C(=O)N[C@@H]1C(=O)N(S(=O)(=O)O)[C@H]1CCCOC(C)=O)c1csc(N)n1. The van der Waals surface area contributed by atoms with Gasteiger partial charge in [-0.25, -0.2) is 9.29 Å². The summed E-state index contributed by atoms with van der Waals surface area (Å²) in [4.78, 5) is 46.5. The van der Waals surface area contributed by atoms with Gasteiger partial charge < -0.3 is 25.5 Å². The second-order valence-corrected chi connectivity index (χ2v) is 9.60. The molecule has 2 heterocycles. The van der Waals surface area contributed by atoms with E-state index in [9.17, 15) is 27.4 Å². The van der Waals surface area contributed by atoms with Crippen LogP contribution >= 0.6 is 11.3 Å². The summed E-state index contributed by atoms with van der Waals surface area (Å²) in [7, 11) is -3.62. The molecule has 0 aromatic carbocycles. The Bertz CT molecular complexity index is 1020. The zero-order chi connectivity index (χ0) is 27.5. The minimum absolute atomic E-state index is 0.0194. The quantitative estimate of drug-likeness (QED) is 0.0807. The topological polar surface area (TPSA) is 194 Å². The van der Waals surface area contributed by atoms with Gasteiger partial charge in [0.2, 0.25) is 0 Å². The number of anilines is 1. The van der Waals surface area contributed by atoms with Gasteiger partial charge in [-0.2, -0.15) is 8.42 Å². The number of aromatic nitrogens is 1. The maximum atomic E-state index is 12.6. The molecule has 1 aliphatic heterocycles. The van der Waals surface area contributed by atoms with E-state index in [1.54, 1.807) is 0 Å². The fourth-order valence-corrected chi connectivity index (χ4v) is 4.78. The zero-order valence-electron chi connectivity index (χ0n) is 21.0. The van der Waals surface area contributed by atoms with Gasteiger partial charge in [0, 0.05) is 12.3 Å². The Kier molecular flexibility index (Phi) is 12.7. The molecule has 0 radical (unpaired) electrons. The lowest BCUT2D eigenvalue weighted by Crippen LogP contribution is -2.72. The van der Waals surface area contributed by atoms with E-state index in [-0.39, 0.29) is 40.3 Å². The fourth-order valence-electron chi connectivity index (χ4n) is 3.33. The summed E-state index contributed by atoms with van der Waals surface area (Å²) in [5, 5.41) is 7.57. The van der Waals surface area contributed by atoms with Gasteiger partial charge in [-0.15, -0.1) is 11.3 Å². The highest BCUT2D eigenvalue weighted by Crippen LogP contribution is 2.27. The number of β-lactam (4-membered cyclic amide) rings is 1. The maximum absolute atomic E-state index is 12.6. The van der Waals surface area contributed by atoms with E-state index in [0.717, 1.165) is 11.3 Å². The van der Waals surface area contributed by atoms with Gasteiger partial charge in [0.25, 0.3) is 11.8 Å². The second-order valence-electron chi connectivity index (χ2n) is 7.43. The highest BCUT2D eigenvalue weighted by atomic mass is 32.2. The van der Waals surface area contributed by atoms with Crippen molar-refractivity contribution in [3.8, 4) is 0 Å². The molecule has 1 aromatic rings. The molecule has 2 rings (SSSR count). The van der Waals surface area contributed by atoms with Crippen LogP contribution in [0.1, 0.15) is 46.2 Å². The van der Waals surface area contributed by atoms with Gasteiger partial charge in [0.1, 0.15) is 18.8 Å². The molecule has 16 heteroatoms. The number of carbonyl (C=O) groups is 3. The standard InChI is InChI=1S/C14H19N5O8S2.C6H15N/c1-7(20)27-5-3-4-9-11(13(22)19(9)29(23,24)25)17-12(21)10(18-26-2)8-6-28-14(15)16-8;1-4-7(5-2)6-3/h6,9,11H,3-5H2,1-2H3,(H2,15,16)(H,17,21)(H,23,24,25);4-6H2,1-3H3/t9-,11-;/m0./s1. The number of ether oxygens (including phenoxy) is 1. The Morgan fingerprint density at radius 2 is 1.92 bits per heavy atom. The van der Waals surface area contributed by atoms with Gasteiger partial charge in [0.15, 0.2) is 10.8 Å². The van der Waals surface area contributed by atoms with E-state index in [4.69, 9.17) is 10.5 Å². The van der Waals surface area contributed by atoms with E-state index in [1.165, 1.54) is 39.0 Å². The monoisotopic (exact) mass is 550 g/mol. The molecule has 36 heavy (non-hydrogen) atoms. The number of nitrogens with two attached hydrogens (primary N) is 1. The van der Waals surface area contributed by atoms with Gasteiger partial charge in [-0.3, -0.25) is 18.9 Å². The number of amides is 2. The van der Waals surface area contributed by atoms with Crippen molar-refractivity contribution in [2.24, 2.45) is 5.16 Å². The number of carbonyl (C=O) groups excluding carboxylic acids is 3. The van der Waals surface area contributed by atoms with Gasteiger partial charge >= 0.3 is 16.3 Å². The van der Waals surface area contributed by atoms with Crippen LogP contribution in [0.4, 0.5) is 5.13 Å². The highest BCUT2D eigenvalue weighted by Gasteiger charge is 2.53. The third-order valence-corrected chi connectivity index (χ3v) is 6.78. The van der Waals surface area contributed by atoms with E-state index < -0.39 is 40.2 Å². The van der Waals surface area contributed by atoms with E-state index in [2.05, 4.69) is 46.0 Å². The Morgan fingerprint density at radius 1 is 1.31 bits per heavy atom. The lowest BCUT2D eigenvalue weighted by atomic mass is 9.94. The number of nitrogens with one attached hydrogen (secondary N) is 1. The summed E-state index contributed by atoms with van der Waals surface area (Å²) in [5.41, 5.74) is 5.38. The van der Waals surface area contributed by atoms with Crippen LogP contribution in [0.25, 0.3) is 0 Å². The van der Waals surface area contributed by atoms with Crippen LogP contribution in [0, 0.1) is 0 Å². The Hall–Kier alpha value is -2.82. The number of hydrogen-bond donors (Lipinski definition) is 3. The minimum Gasteiger partial charge on any atom is -0.466 e. The molecule has 0 saturated carbocycles. The highest BCUT2D eigenvalue weighted by molar-refractivity contribution is 7.84. The molecular formula is C20H34N6O8S2. The molecule has 0 spiro atoms. The van der Waals surface area contributed by atoms with E-state index >= 15 is 0 Å². The lowest BCUT2D eigenvalue weighted by molar-refractivity contribution is -0.146. The van der Waals surface area contributed by atoms with Crippen molar-refractivity contribution >= 4 is 50.3 Å². The predicted molar refractivity (Wildman–Crippen MR) is 134 cm³/mol. The van der Waals surface area contributed by atoms with Crippen LogP contribution in [0.3, 0.4) is 0 Å². The number of nitrogens with zero attached hydrogens (tertiary/aromatic N) is 4. The lowest BCUT2D eigenvalue weighted by Gasteiger charge is -2.44. The summed E-state index contributed by atoms with van der Waals surface area (Å²) < 4.78 is 37.2. The number of hydrogen-bond acceptors (Lipinski definition) is 12. The van der Waals surface area contributed by atoms with Crippen LogP contribution < -0.4 is 11.1 Å². The molecule has 1 saturated heterocycles. The van der Waals surface area contributed by atoms with E-state index in [0.29, 0.717) is 0 Å². The summed E-state index contributed by atoms with van der Waals surface area (Å²) in [6.45, 7) is 11.3. The first kappa shape index (κ1) is 31.2. The average molecular weight is 551 g/mol. The van der Waals surface area contributed by atoms with Gasteiger partial charge in [-0.1, -0.05) is 25.9 Å². The van der Waals surface area contributed by atoms with Crippen molar-refractivity contribution in [3.63, 3.8) is 0 Å². The Balaban J connectivity index is 0.000000809.